The molecule has 4 aromatic rings. The maximum Gasteiger partial charge on any atom is 0.271 e. The molecule has 3 aromatic heterocycles. The summed E-state index contributed by atoms with van der Waals surface area (Å²) in [4.78, 5) is 25.4. The van der Waals surface area contributed by atoms with Crippen LogP contribution in [0.4, 0.5) is 0 Å². The molecule has 1 amide bonds. The topological polar surface area (TPSA) is 98.7 Å². The van der Waals surface area contributed by atoms with E-state index in [1.807, 2.05) is 30.3 Å². The summed E-state index contributed by atoms with van der Waals surface area (Å²) in [6.07, 6.45) is 8.40. The van der Waals surface area contributed by atoms with E-state index in [2.05, 4.69) is 44.5 Å². The number of hydrogen-bond donors (Lipinski definition) is 1. The number of aryl methyl sites for hydroxylation is 2. The van der Waals surface area contributed by atoms with Gasteiger partial charge in [-0.25, -0.2) is 9.97 Å². The van der Waals surface area contributed by atoms with Gasteiger partial charge in [0.2, 0.25) is 0 Å². The molecule has 0 radical (unpaired) electrons. The van der Waals surface area contributed by atoms with Gasteiger partial charge in [-0.3, -0.25) is 9.36 Å². The van der Waals surface area contributed by atoms with Crippen molar-refractivity contribution in [2.45, 2.75) is 32.6 Å². The van der Waals surface area contributed by atoms with Gasteiger partial charge in [-0.1, -0.05) is 42.4 Å². The van der Waals surface area contributed by atoms with E-state index >= 15 is 0 Å². The highest BCUT2D eigenvalue weighted by Gasteiger charge is 2.13. The van der Waals surface area contributed by atoms with E-state index in [9.17, 15) is 4.79 Å². The van der Waals surface area contributed by atoms with Crippen LogP contribution in [0.15, 0.2) is 65.7 Å². The molecule has 0 spiro atoms. The number of aromatic nitrogens is 5. The van der Waals surface area contributed by atoms with Crippen LogP contribution < -0.4 is 5.32 Å². The summed E-state index contributed by atoms with van der Waals surface area (Å²) in [5.41, 5.74) is 2.37. The summed E-state index contributed by atoms with van der Waals surface area (Å²) in [7, 11) is 0. The first-order chi connectivity index (χ1) is 15.2. The number of imidazole rings is 1. The summed E-state index contributed by atoms with van der Waals surface area (Å²) < 4.78 is 7.05. The minimum Gasteiger partial charge on any atom is -0.351 e. The molecular weight excluding hydrogens is 392 g/mol. The predicted octanol–water partition coefficient (Wildman–Crippen LogP) is 3.63. The molecule has 8 nitrogen and oxygen atoms in total. The Balaban J connectivity index is 1.37. The monoisotopic (exact) mass is 416 g/mol. The largest absolute Gasteiger partial charge is 0.351 e. The first-order valence-electron chi connectivity index (χ1n) is 10.4. The Morgan fingerprint density at radius 3 is 2.84 bits per heavy atom. The van der Waals surface area contributed by atoms with Crippen molar-refractivity contribution in [2.24, 2.45) is 0 Å². The van der Waals surface area contributed by atoms with Gasteiger partial charge in [-0.15, -0.1) is 0 Å². The average molecular weight is 416 g/mol. The van der Waals surface area contributed by atoms with Crippen molar-refractivity contribution in [3.05, 3.63) is 78.3 Å². The van der Waals surface area contributed by atoms with Crippen LogP contribution in [0.5, 0.6) is 0 Å². The van der Waals surface area contributed by atoms with E-state index in [0.29, 0.717) is 29.8 Å². The number of carbonyl (C=O) groups excluding carboxylic acids is 1. The molecule has 0 bridgehead atoms. The second-order valence-electron chi connectivity index (χ2n) is 7.18. The van der Waals surface area contributed by atoms with Crippen LogP contribution in [0.25, 0.3) is 17.3 Å². The third kappa shape index (κ3) is 5.22. The van der Waals surface area contributed by atoms with Crippen molar-refractivity contribution in [3.8, 4) is 17.3 Å². The van der Waals surface area contributed by atoms with E-state index in [1.165, 1.54) is 5.56 Å². The van der Waals surface area contributed by atoms with E-state index in [0.717, 1.165) is 31.2 Å². The van der Waals surface area contributed by atoms with Crippen molar-refractivity contribution in [1.82, 2.24) is 30.0 Å². The zero-order valence-electron chi connectivity index (χ0n) is 17.4. The molecule has 0 saturated carbocycles. The standard InChI is InChI=1S/C23H24N6O2/c1-2-7-20-27-23(31-28-20)18-11-13-24-21(14-18)29-15-19(26-16-29)22(30)25-12-6-10-17-8-4-3-5-9-17/h3-5,8-9,11,13-16H,2,6-7,10,12H2,1H3,(H,25,30). The molecule has 1 N–H and O–H groups in total. The summed E-state index contributed by atoms with van der Waals surface area (Å²) in [5, 5.41) is 6.91. The number of hydrogen-bond acceptors (Lipinski definition) is 6. The highest BCUT2D eigenvalue weighted by Crippen LogP contribution is 2.19. The summed E-state index contributed by atoms with van der Waals surface area (Å²) >= 11 is 0. The van der Waals surface area contributed by atoms with Crippen LogP contribution in [-0.4, -0.2) is 37.1 Å². The summed E-state index contributed by atoms with van der Waals surface area (Å²) in [6, 6.07) is 13.8. The molecule has 0 unspecified atom stereocenters. The van der Waals surface area contributed by atoms with Crippen LogP contribution in [0.2, 0.25) is 0 Å². The second kappa shape index (κ2) is 9.80. The lowest BCUT2D eigenvalue weighted by atomic mass is 10.1. The molecule has 158 valence electrons. The highest BCUT2D eigenvalue weighted by atomic mass is 16.5. The number of amides is 1. The van der Waals surface area contributed by atoms with Gasteiger partial charge in [0.15, 0.2) is 5.82 Å². The van der Waals surface area contributed by atoms with Crippen molar-refractivity contribution >= 4 is 5.91 Å². The maximum atomic E-state index is 12.4. The average Bonchev–Trinajstić information content (AvgIpc) is 3.48. The third-order valence-electron chi connectivity index (χ3n) is 4.78. The van der Waals surface area contributed by atoms with Gasteiger partial charge in [-0.05, 0) is 37.0 Å². The number of rotatable bonds is 9. The molecule has 1 aromatic carbocycles. The van der Waals surface area contributed by atoms with Gasteiger partial charge in [0.25, 0.3) is 11.8 Å². The van der Waals surface area contributed by atoms with Crippen LogP contribution in [0.1, 0.15) is 41.6 Å². The van der Waals surface area contributed by atoms with Crippen molar-refractivity contribution < 1.29 is 9.32 Å². The molecule has 31 heavy (non-hydrogen) atoms. The number of benzene rings is 1. The molecule has 0 fully saturated rings. The molecule has 0 atom stereocenters. The number of nitrogens with zero attached hydrogens (tertiary/aromatic N) is 5. The fourth-order valence-electron chi connectivity index (χ4n) is 3.18. The molecule has 0 saturated heterocycles. The number of carbonyl (C=O) groups is 1. The molecule has 3 heterocycles. The summed E-state index contributed by atoms with van der Waals surface area (Å²) in [5.74, 6) is 1.54. The molecule has 4 rings (SSSR count). The molecule has 0 aliphatic carbocycles. The molecule has 8 heteroatoms. The fraction of sp³-hybridized carbons (Fsp3) is 0.261. The quantitative estimate of drug-likeness (QED) is 0.418. The zero-order valence-corrected chi connectivity index (χ0v) is 17.4. The van der Waals surface area contributed by atoms with Crippen molar-refractivity contribution in [3.63, 3.8) is 0 Å². The van der Waals surface area contributed by atoms with Gasteiger partial charge >= 0.3 is 0 Å². The van der Waals surface area contributed by atoms with Gasteiger partial charge < -0.3 is 9.84 Å². The second-order valence-corrected chi connectivity index (χ2v) is 7.18. The lowest BCUT2D eigenvalue weighted by Gasteiger charge is -2.04. The molecule has 0 aliphatic heterocycles. The molecule has 0 aliphatic rings. The van der Waals surface area contributed by atoms with Gasteiger partial charge in [0.05, 0.1) is 0 Å². The van der Waals surface area contributed by atoms with E-state index in [-0.39, 0.29) is 5.91 Å². The first-order valence-corrected chi connectivity index (χ1v) is 10.4. The lowest BCUT2D eigenvalue weighted by molar-refractivity contribution is 0.0948. The van der Waals surface area contributed by atoms with Gasteiger partial charge in [0, 0.05) is 30.9 Å². The van der Waals surface area contributed by atoms with Gasteiger partial charge in [-0.2, -0.15) is 4.98 Å². The zero-order chi connectivity index (χ0) is 21.5. The minimum absolute atomic E-state index is 0.205. The van der Waals surface area contributed by atoms with Crippen LogP contribution in [-0.2, 0) is 12.8 Å². The van der Waals surface area contributed by atoms with E-state index < -0.39 is 0 Å². The van der Waals surface area contributed by atoms with Gasteiger partial charge in [0.1, 0.15) is 17.8 Å². The van der Waals surface area contributed by atoms with Crippen LogP contribution >= 0.6 is 0 Å². The van der Waals surface area contributed by atoms with Crippen LogP contribution in [0.3, 0.4) is 0 Å². The Bertz CT molecular complexity index is 1140. The SMILES string of the molecule is CCCc1noc(-c2ccnc(-n3cnc(C(=O)NCCCc4ccccc4)c3)c2)n1. The highest BCUT2D eigenvalue weighted by molar-refractivity contribution is 5.92. The Kier molecular flexibility index (Phi) is 6.47. The minimum atomic E-state index is -0.205. The molecular formula is C23H24N6O2. The number of pyridine rings is 1. The Hall–Kier alpha value is -3.81. The van der Waals surface area contributed by atoms with Crippen LogP contribution in [0, 0.1) is 0 Å². The summed E-state index contributed by atoms with van der Waals surface area (Å²) in [6.45, 7) is 2.65. The lowest BCUT2D eigenvalue weighted by Crippen LogP contribution is -2.25. The first kappa shape index (κ1) is 20.5. The number of nitrogens with one attached hydrogen (secondary N) is 1. The third-order valence-corrected chi connectivity index (χ3v) is 4.78. The Labute approximate surface area is 180 Å². The Morgan fingerprint density at radius 2 is 2.00 bits per heavy atom. The van der Waals surface area contributed by atoms with E-state index in [1.54, 1.807) is 23.3 Å². The smallest absolute Gasteiger partial charge is 0.271 e. The Morgan fingerprint density at radius 1 is 1.13 bits per heavy atom. The van der Waals surface area contributed by atoms with Crippen molar-refractivity contribution in [1.29, 1.82) is 0 Å². The van der Waals surface area contributed by atoms with E-state index in [4.69, 9.17) is 4.52 Å². The normalized spacial score (nSPS) is 10.9. The predicted molar refractivity (Wildman–Crippen MR) is 116 cm³/mol. The van der Waals surface area contributed by atoms with Crippen molar-refractivity contribution in [2.75, 3.05) is 6.54 Å². The fourth-order valence-corrected chi connectivity index (χ4v) is 3.18. The maximum absolute atomic E-state index is 12.4.